The maximum atomic E-state index is 11.9. The Morgan fingerprint density at radius 3 is 2.43 bits per heavy atom. The van der Waals surface area contributed by atoms with E-state index >= 15 is 0 Å². The summed E-state index contributed by atoms with van der Waals surface area (Å²) in [6, 6.07) is 9.32. The smallest absolute Gasteiger partial charge is 0.251 e. The van der Waals surface area contributed by atoms with Gasteiger partial charge in [-0.25, -0.2) is 0 Å². The van der Waals surface area contributed by atoms with Crippen molar-refractivity contribution in [3.8, 4) is 0 Å². The maximum Gasteiger partial charge on any atom is 0.251 e. The first kappa shape index (κ1) is 14.5. The van der Waals surface area contributed by atoms with Crippen LogP contribution in [0.1, 0.15) is 17.3 Å². The van der Waals surface area contributed by atoms with Gasteiger partial charge in [-0.3, -0.25) is 14.4 Å². The van der Waals surface area contributed by atoms with E-state index in [0.717, 1.165) is 0 Å². The molecule has 1 aromatic carbocycles. The number of nitrogens with two attached hydrogens (primary N) is 1. The van der Waals surface area contributed by atoms with Crippen molar-refractivity contribution in [3.05, 3.63) is 58.5 Å². The minimum atomic E-state index is -0.349. The SMILES string of the molecule is CC(=O)c1ccc(NC(=O)Cn2cc(N)ccc2=O)cc1. The first-order chi connectivity index (χ1) is 9.95. The van der Waals surface area contributed by atoms with E-state index in [-0.39, 0.29) is 23.8 Å². The van der Waals surface area contributed by atoms with Crippen molar-refractivity contribution in [2.45, 2.75) is 13.5 Å². The van der Waals surface area contributed by atoms with Gasteiger partial charge in [-0.2, -0.15) is 0 Å². The van der Waals surface area contributed by atoms with E-state index in [0.29, 0.717) is 16.9 Å². The minimum Gasteiger partial charge on any atom is -0.398 e. The molecule has 0 atom stereocenters. The fourth-order valence-electron chi connectivity index (χ4n) is 1.82. The molecular formula is C15H15N3O3. The molecule has 0 fully saturated rings. The van der Waals surface area contributed by atoms with E-state index in [1.54, 1.807) is 24.3 Å². The highest BCUT2D eigenvalue weighted by Crippen LogP contribution is 2.10. The van der Waals surface area contributed by atoms with Gasteiger partial charge >= 0.3 is 0 Å². The highest BCUT2D eigenvalue weighted by molar-refractivity contribution is 5.95. The molecule has 0 aliphatic carbocycles. The molecular weight excluding hydrogens is 270 g/mol. The number of Topliss-reactive ketones (excluding diaryl/α,β-unsaturated/α-hetero) is 1. The van der Waals surface area contributed by atoms with E-state index < -0.39 is 0 Å². The number of nitrogens with zero attached hydrogens (tertiary/aromatic N) is 1. The predicted molar refractivity (Wildman–Crippen MR) is 80.2 cm³/mol. The molecule has 0 aliphatic heterocycles. The molecule has 108 valence electrons. The Morgan fingerprint density at radius 1 is 1.14 bits per heavy atom. The standard InChI is InChI=1S/C15H15N3O3/c1-10(19)11-2-5-13(6-3-11)17-14(20)9-18-8-12(16)4-7-15(18)21/h2-8H,9,16H2,1H3,(H,17,20). The van der Waals surface area contributed by atoms with Crippen LogP contribution in [0, 0.1) is 0 Å². The molecule has 0 aliphatic rings. The van der Waals surface area contributed by atoms with Crippen molar-refractivity contribution in [1.29, 1.82) is 0 Å². The van der Waals surface area contributed by atoms with Crippen molar-refractivity contribution in [3.63, 3.8) is 0 Å². The summed E-state index contributed by atoms with van der Waals surface area (Å²) in [5.41, 5.74) is 6.81. The van der Waals surface area contributed by atoms with Gasteiger partial charge in [-0.15, -0.1) is 0 Å². The number of carbonyl (C=O) groups excluding carboxylic acids is 2. The summed E-state index contributed by atoms with van der Waals surface area (Å²) in [5, 5.41) is 2.65. The molecule has 2 aromatic rings. The van der Waals surface area contributed by atoms with Gasteiger partial charge in [0.05, 0.1) is 0 Å². The zero-order valence-electron chi connectivity index (χ0n) is 11.5. The van der Waals surface area contributed by atoms with Crippen LogP contribution >= 0.6 is 0 Å². The lowest BCUT2D eigenvalue weighted by molar-refractivity contribution is -0.116. The fraction of sp³-hybridized carbons (Fsp3) is 0.133. The van der Waals surface area contributed by atoms with E-state index in [1.165, 1.54) is 29.8 Å². The third-order valence-electron chi connectivity index (χ3n) is 2.90. The number of rotatable bonds is 4. The summed E-state index contributed by atoms with van der Waals surface area (Å²) >= 11 is 0. The minimum absolute atomic E-state index is 0.0424. The number of hydrogen-bond acceptors (Lipinski definition) is 4. The number of carbonyl (C=O) groups is 2. The van der Waals surface area contributed by atoms with Crippen LogP contribution in [-0.2, 0) is 11.3 Å². The molecule has 1 amide bonds. The van der Waals surface area contributed by atoms with Crippen LogP contribution in [0.2, 0.25) is 0 Å². The summed E-state index contributed by atoms with van der Waals surface area (Å²) < 4.78 is 1.23. The topological polar surface area (TPSA) is 94.2 Å². The zero-order valence-corrected chi connectivity index (χ0v) is 11.5. The second-order valence-electron chi connectivity index (χ2n) is 4.61. The quantitative estimate of drug-likeness (QED) is 0.827. The van der Waals surface area contributed by atoms with E-state index in [1.807, 2.05) is 0 Å². The number of nitrogen functional groups attached to an aromatic ring is 1. The molecule has 0 saturated heterocycles. The molecule has 3 N–H and O–H groups in total. The van der Waals surface area contributed by atoms with Crippen molar-refractivity contribution < 1.29 is 9.59 Å². The molecule has 0 saturated carbocycles. The number of pyridine rings is 1. The van der Waals surface area contributed by atoms with E-state index in [9.17, 15) is 14.4 Å². The maximum absolute atomic E-state index is 11.9. The van der Waals surface area contributed by atoms with Crippen LogP contribution in [-0.4, -0.2) is 16.3 Å². The molecule has 21 heavy (non-hydrogen) atoms. The third kappa shape index (κ3) is 3.79. The molecule has 2 rings (SSSR count). The number of nitrogens with one attached hydrogen (secondary N) is 1. The van der Waals surface area contributed by atoms with Crippen LogP contribution in [0.5, 0.6) is 0 Å². The highest BCUT2D eigenvalue weighted by Gasteiger charge is 2.06. The Bertz CT molecular complexity index is 733. The third-order valence-corrected chi connectivity index (χ3v) is 2.90. The van der Waals surface area contributed by atoms with Crippen LogP contribution < -0.4 is 16.6 Å². The highest BCUT2D eigenvalue weighted by atomic mass is 16.2. The van der Waals surface area contributed by atoms with Crippen molar-refractivity contribution in [1.82, 2.24) is 4.57 Å². The van der Waals surface area contributed by atoms with Crippen molar-refractivity contribution in [2.24, 2.45) is 0 Å². The summed E-state index contributed by atoms with van der Waals surface area (Å²) in [7, 11) is 0. The molecule has 0 spiro atoms. The number of hydrogen-bond donors (Lipinski definition) is 2. The number of aromatic nitrogens is 1. The Kier molecular flexibility index (Phi) is 4.18. The number of ketones is 1. The summed E-state index contributed by atoms with van der Waals surface area (Å²) in [4.78, 5) is 34.6. The van der Waals surface area contributed by atoms with Crippen molar-refractivity contribution in [2.75, 3.05) is 11.1 Å². The fourth-order valence-corrected chi connectivity index (χ4v) is 1.82. The van der Waals surface area contributed by atoms with Crippen molar-refractivity contribution >= 4 is 23.1 Å². The molecule has 6 nitrogen and oxygen atoms in total. The van der Waals surface area contributed by atoms with Crippen LogP contribution in [0.4, 0.5) is 11.4 Å². The number of anilines is 2. The van der Waals surface area contributed by atoms with Gasteiger partial charge in [-0.1, -0.05) is 0 Å². The Morgan fingerprint density at radius 2 is 1.81 bits per heavy atom. The first-order valence-electron chi connectivity index (χ1n) is 6.32. The number of benzene rings is 1. The summed E-state index contributed by atoms with van der Waals surface area (Å²) in [6.07, 6.45) is 1.42. The molecule has 6 heteroatoms. The molecule has 1 aromatic heterocycles. The monoisotopic (exact) mass is 285 g/mol. The summed E-state index contributed by atoms with van der Waals surface area (Å²) in [5.74, 6) is -0.391. The van der Waals surface area contributed by atoms with Gasteiger partial charge < -0.3 is 15.6 Å². The van der Waals surface area contributed by atoms with E-state index in [2.05, 4.69) is 5.32 Å². The molecule has 0 unspecified atom stereocenters. The Balaban J connectivity index is 2.06. The van der Waals surface area contributed by atoms with Crippen LogP contribution in [0.15, 0.2) is 47.4 Å². The average Bonchev–Trinajstić information content (AvgIpc) is 2.43. The zero-order chi connectivity index (χ0) is 15.4. The lowest BCUT2D eigenvalue weighted by atomic mass is 10.1. The van der Waals surface area contributed by atoms with E-state index in [4.69, 9.17) is 5.73 Å². The second kappa shape index (κ2) is 6.04. The van der Waals surface area contributed by atoms with Crippen LogP contribution in [0.25, 0.3) is 0 Å². The largest absolute Gasteiger partial charge is 0.398 e. The van der Waals surface area contributed by atoms with Gasteiger partial charge in [-0.05, 0) is 37.3 Å². The average molecular weight is 285 g/mol. The predicted octanol–water partition coefficient (Wildman–Crippen LogP) is 1.27. The number of amides is 1. The molecule has 1 heterocycles. The first-order valence-corrected chi connectivity index (χ1v) is 6.32. The second-order valence-corrected chi connectivity index (χ2v) is 4.61. The van der Waals surface area contributed by atoms with Gasteiger partial charge in [0.25, 0.3) is 5.56 Å². The van der Waals surface area contributed by atoms with Gasteiger partial charge in [0.1, 0.15) is 6.54 Å². The van der Waals surface area contributed by atoms with Crippen LogP contribution in [0.3, 0.4) is 0 Å². The lowest BCUT2D eigenvalue weighted by Crippen LogP contribution is -2.27. The van der Waals surface area contributed by atoms with Gasteiger partial charge in [0, 0.05) is 29.2 Å². The Hall–Kier alpha value is -2.89. The lowest BCUT2D eigenvalue weighted by Gasteiger charge is -2.08. The Labute approximate surface area is 121 Å². The van der Waals surface area contributed by atoms with Gasteiger partial charge in [0.15, 0.2) is 5.78 Å². The summed E-state index contributed by atoms with van der Waals surface area (Å²) in [6.45, 7) is 1.35. The normalized spacial score (nSPS) is 10.1. The van der Waals surface area contributed by atoms with Gasteiger partial charge in [0.2, 0.25) is 5.91 Å². The molecule has 0 radical (unpaired) electrons. The molecule has 0 bridgehead atoms.